The Kier molecular flexibility index (Phi) is 10.1. The van der Waals surface area contributed by atoms with E-state index in [4.69, 9.17) is 44.3 Å². The van der Waals surface area contributed by atoms with Crippen molar-refractivity contribution in [2.24, 2.45) is 5.10 Å². The second kappa shape index (κ2) is 12.8. The molecule has 0 fully saturated rings. The van der Waals surface area contributed by atoms with Crippen LogP contribution in [0.25, 0.3) is 0 Å². The second-order valence-electron chi connectivity index (χ2n) is 7.64. The van der Waals surface area contributed by atoms with Gasteiger partial charge in [0.15, 0.2) is 11.5 Å². The highest BCUT2D eigenvalue weighted by Gasteiger charge is 2.21. The number of nitrogens with one attached hydrogen (secondary N) is 1. The number of rotatable bonds is 10. The maximum atomic E-state index is 12.5. The van der Waals surface area contributed by atoms with Crippen molar-refractivity contribution in [3.05, 3.63) is 85.3 Å². The van der Waals surface area contributed by atoms with Crippen LogP contribution < -0.4 is 19.2 Å². The lowest BCUT2D eigenvalue weighted by molar-refractivity contribution is -0.119. The van der Waals surface area contributed by atoms with Crippen LogP contribution in [0.5, 0.6) is 11.5 Å². The summed E-state index contributed by atoms with van der Waals surface area (Å²) in [5.41, 5.74) is 3.98. The number of anilines is 1. The molecule has 0 saturated heterocycles. The molecule has 0 aliphatic rings. The molecule has 13 heteroatoms. The van der Waals surface area contributed by atoms with Gasteiger partial charge in [-0.25, -0.2) is 13.8 Å². The van der Waals surface area contributed by atoms with Gasteiger partial charge in [0, 0.05) is 15.1 Å². The molecular weight excluding hydrogens is 629 g/mol. The molecule has 0 bridgehead atoms. The quantitative estimate of drug-likeness (QED) is 0.218. The van der Waals surface area contributed by atoms with Crippen molar-refractivity contribution in [1.29, 1.82) is 0 Å². The first-order chi connectivity index (χ1) is 17.5. The Morgan fingerprint density at radius 3 is 2.30 bits per heavy atom. The lowest BCUT2D eigenvalue weighted by Crippen LogP contribution is -2.39. The molecule has 1 N–H and O–H groups in total. The molecule has 0 aliphatic carbocycles. The second-order valence-corrected chi connectivity index (χ2v) is 11.7. The zero-order valence-electron chi connectivity index (χ0n) is 19.5. The highest BCUT2D eigenvalue weighted by molar-refractivity contribution is 9.10. The Labute approximate surface area is 238 Å². The van der Waals surface area contributed by atoms with Crippen LogP contribution in [0, 0.1) is 0 Å². The van der Waals surface area contributed by atoms with Gasteiger partial charge >= 0.3 is 0 Å². The van der Waals surface area contributed by atoms with Crippen LogP contribution in [0.2, 0.25) is 15.1 Å². The molecule has 8 nitrogen and oxygen atoms in total. The summed E-state index contributed by atoms with van der Waals surface area (Å²) in [6.07, 6.45) is 2.36. The first-order valence-corrected chi connectivity index (χ1v) is 14.2. The van der Waals surface area contributed by atoms with E-state index < -0.39 is 22.5 Å². The standard InChI is InChI=1S/C24H21BrCl3N3O5S/c1-35-22-8-16(7-21(25)24(22)36-14-15-3-5-17(26)6-4-15)12-29-30-23(32)13-31(37(2,33)34)20-10-18(27)9-19(28)11-20/h3-12H,13-14H2,1-2H3,(H,30,32)/b29-12-. The number of benzene rings is 3. The summed E-state index contributed by atoms with van der Waals surface area (Å²) in [5.74, 6) is 0.256. The monoisotopic (exact) mass is 647 g/mol. The minimum Gasteiger partial charge on any atom is -0.493 e. The molecule has 0 aromatic heterocycles. The first kappa shape index (κ1) is 29.1. The number of halogens is 4. The van der Waals surface area contributed by atoms with Crippen LogP contribution in [0.4, 0.5) is 5.69 Å². The van der Waals surface area contributed by atoms with Gasteiger partial charge in [-0.1, -0.05) is 46.9 Å². The molecule has 196 valence electrons. The van der Waals surface area contributed by atoms with E-state index in [0.717, 1.165) is 16.1 Å². The predicted octanol–water partition coefficient (Wildman–Crippen LogP) is 5.91. The summed E-state index contributed by atoms with van der Waals surface area (Å²) in [7, 11) is -2.31. The Balaban J connectivity index is 1.69. The molecule has 0 heterocycles. The van der Waals surface area contributed by atoms with Crippen LogP contribution >= 0.6 is 50.7 Å². The molecule has 3 aromatic carbocycles. The molecule has 3 rings (SSSR count). The normalized spacial score (nSPS) is 11.4. The fourth-order valence-corrected chi connectivity index (χ4v) is 5.17. The van der Waals surface area contributed by atoms with E-state index in [1.54, 1.807) is 24.3 Å². The van der Waals surface area contributed by atoms with Crippen molar-refractivity contribution >= 4 is 78.6 Å². The topological polar surface area (TPSA) is 97.3 Å². The zero-order chi connectivity index (χ0) is 27.2. The summed E-state index contributed by atoms with van der Waals surface area (Å²) in [4.78, 5) is 12.5. The van der Waals surface area contributed by atoms with Crippen LogP contribution in [0.15, 0.2) is 64.2 Å². The molecule has 37 heavy (non-hydrogen) atoms. The van der Waals surface area contributed by atoms with Gasteiger partial charge in [0.2, 0.25) is 10.0 Å². The van der Waals surface area contributed by atoms with Gasteiger partial charge in [0.25, 0.3) is 5.91 Å². The van der Waals surface area contributed by atoms with E-state index in [1.165, 1.54) is 31.5 Å². The van der Waals surface area contributed by atoms with E-state index in [1.807, 2.05) is 12.1 Å². The first-order valence-electron chi connectivity index (χ1n) is 10.5. The van der Waals surface area contributed by atoms with Gasteiger partial charge in [-0.15, -0.1) is 0 Å². The molecule has 0 radical (unpaired) electrons. The van der Waals surface area contributed by atoms with E-state index in [-0.39, 0.29) is 15.7 Å². The Morgan fingerprint density at radius 2 is 1.70 bits per heavy atom. The van der Waals surface area contributed by atoms with Gasteiger partial charge in [-0.2, -0.15) is 5.10 Å². The Morgan fingerprint density at radius 1 is 1.05 bits per heavy atom. The van der Waals surface area contributed by atoms with E-state index in [9.17, 15) is 13.2 Å². The lowest BCUT2D eigenvalue weighted by atomic mass is 10.2. The number of hydrogen-bond donors (Lipinski definition) is 1. The number of methoxy groups -OCH3 is 1. The molecule has 1 amide bonds. The summed E-state index contributed by atoms with van der Waals surface area (Å²) < 4.78 is 37.4. The third-order valence-corrected chi connectivity index (χ3v) is 7.19. The van der Waals surface area contributed by atoms with Gasteiger partial charge in [-0.05, 0) is 69.5 Å². The fourth-order valence-electron chi connectivity index (χ4n) is 3.12. The maximum absolute atomic E-state index is 12.5. The smallest absolute Gasteiger partial charge is 0.260 e. The van der Waals surface area contributed by atoms with Crippen LogP contribution in [-0.2, 0) is 21.4 Å². The van der Waals surface area contributed by atoms with Crippen LogP contribution in [0.3, 0.4) is 0 Å². The SMILES string of the molecule is COc1cc(/C=N\NC(=O)CN(c2cc(Cl)cc(Cl)c2)S(C)(=O)=O)cc(Br)c1OCc1ccc(Cl)cc1. The fraction of sp³-hybridized carbons (Fsp3) is 0.167. The number of hydrogen-bond acceptors (Lipinski definition) is 6. The average molecular weight is 650 g/mol. The van der Waals surface area contributed by atoms with Crippen molar-refractivity contribution < 1.29 is 22.7 Å². The van der Waals surface area contributed by atoms with Crippen molar-refractivity contribution in [2.75, 3.05) is 24.2 Å². The molecule has 0 unspecified atom stereocenters. The highest BCUT2D eigenvalue weighted by Crippen LogP contribution is 2.37. The molecular formula is C24H21BrCl3N3O5S. The Bertz CT molecular complexity index is 1400. The van der Waals surface area contributed by atoms with Crippen molar-refractivity contribution in [2.45, 2.75) is 6.61 Å². The number of amides is 1. The molecule has 0 saturated carbocycles. The Hall–Kier alpha value is -2.50. The number of carbonyl (C=O) groups excluding carboxylic acids is 1. The number of sulfonamides is 1. The van der Waals surface area contributed by atoms with E-state index in [0.29, 0.717) is 33.2 Å². The summed E-state index contributed by atoms with van der Waals surface area (Å²) in [6.45, 7) is -0.234. The van der Waals surface area contributed by atoms with E-state index in [2.05, 4.69) is 26.5 Å². The number of ether oxygens (including phenoxy) is 2. The van der Waals surface area contributed by atoms with Gasteiger partial charge in [0.05, 0.1) is 29.7 Å². The van der Waals surface area contributed by atoms with Gasteiger partial charge < -0.3 is 9.47 Å². The molecule has 0 spiro atoms. The molecule has 0 atom stereocenters. The summed E-state index contributed by atoms with van der Waals surface area (Å²) >= 11 is 21.3. The summed E-state index contributed by atoms with van der Waals surface area (Å²) in [6, 6.07) is 14.9. The van der Waals surface area contributed by atoms with Gasteiger partial charge in [-0.3, -0.25) is 9.10 Å². The maximum Gasteiger partial charge on any atom is 0.260 e. The van der Waals surface area contributed by atoms with Crippen LogP contribution in [-0.4, -0.2) is 40.4 Å². The minimum absolute atomic E-state index is 0.155. The lowest BCUT2D eigenvalue weighted by Gasteiger charge is -2.21. The predicted molar refractivity (Wildman–Crippen MR) is 151 cm³/mol. The van der Waals surface area contributed by atoms with Crippen LogP contribution in [0.1, 0.15) is 11.1 Å². The summed E-state index contributed by atoms with van der Waals surface area (Å²) in [5, 5.41) is 5.02. The largest absolute Gasteiger partial charge is 0.493 e. The van der Waals surface area contributed by atoms with Crippen molar-refractivity contribution in [3.8, 4) is 11.5 Å². The van der Waals surface area contributed by atoms with Crippen molar-refractivity contribution in [1.82, 2.24) is 5.43 Å². The van der Waals surface area contributed by atoms with E-state index >= 15 is 0 Å². The third kappa shape index (κ3) is 8.51. The molecule has 3 aromatic rings. The number of carbonyl (C=O) groups is 1. The van der Waals surface area contributed by atoms with Gasteiger partial charge in [0.1, 0.15) is 13.2 Å². The highest BCUT2D eigenvalue weighted by atomic mass is 79.9. The minimum atomic E-state index is -3.81. The van der Waals surface area contributed by atoms with Crippen molar-refractivity contribution in [3.63, 3.8) is 0 Å². The third-order valence-electron chi connectivity index (χ3n) is 4.77. The number of hydrazone groups is 1. The number of nitrogens with zero attached hydrogens (tertiary/aromatic N) is 2. The average Bonchev–Trinajstić information content (AvgIpc) is 2.81. The molecule has 0 aliphatic heterocycles. The zero-order valence-corrected chi connectivity index (χ0v) is 24.2.